The Balaban J connectivity index is 0.00000225. The molecule has 1 rings (SSSR count). The number of carbonyl (C=O) groups excluding carboxylic acids is 1. The predicted octanol–water partition coefficient (Wildman–Crippen LogP) is 1.98. The molecule has 0 saturated carbocycles. The van der Waals surface area contributed by atoms with Crippen LogP contribution in [-0.2, 0) is 4.79 Å². The third-order valence-electron chi connectivity index (χ3n) is 2.60. The maximum atomic E-state index is 11.7. The van der Waals surface area contributed by atoms with E-state index in [9.17, 15) is 4.79 Å². The summed E-state index contributed by atoms with van der Waals surface area (Å²) in [5.41, 5.74) is 6.68. The predicted molar refractivity (Wildman–Crippen MR) is 68.5 cm³/mol. The number of amides is 1. The van der Waals surface area contributed by atoms with Gasteiger partial charge in [-0.25, -0.2) is 0 Å². The fourth-order valence-electron chi connectivity index (χ4n) is 1.47. The molecule has 3 nitrogen and oxygen atoms in total. The summed E-state index contributed by atoms with van der Waals surface area (Å²) in [5.74, 6) is -0.0358. The van der Waals surface area contributed by atoms with Gasteiger partial charge in [-0.1, -0.05) is 30.3 Å². The summed E-state index contributed by atoms with van der Waals surface area (Å²) in [6.07, 6.45) is 0. The van der Waals surface area contributed by atoms with E-state index in [0.717, 1.165) is 5.56 Å². The first-order chi connectivity index (χ1) is 7.04. The highest BCUT2D eigenvalue weighted by Crippen LogP contribution is 2.18. The molecule has 0 bridgehead atoms. The molecule has 1 amide bonds. The minimum atomic E-state index is -0.443. The van der Waals surface area contributed by atoms with E-state index in [1.165, 1.54) is 0 Å². The number of likely N-dealkylation sites (N-methyl/N-ethyl adjacent to an activating group) is 1. The second-order valence-electron chi connectivity index (χ2n) is 3.82. The lowest BCUT2D eigenvalue weighted by Gasteiger charge is -2.26. The first kappa shape index (κ1) is 14.9. The van der Waals surface area contributed by atoms with Gasteiger partial charge in [0.2, 0.25) is 5.91 Å². The minimum Gasteiger partial charge on any atom is -0.338 e. The Labute approximate surface area is 103 Å². The number of hydrogen-bond donors (Lipinski definition) is 1. The van der Waals surface area contributed by atoms with Crippen LogP contribution in [0, 0.1) is 0 Å². The number of carbonyl (C=O) groups is 1. The standard InChI is InChI=1S/C12H18N2O.ClH/c1-9(13)12(15)14(3)10(2)11-7-5-4-6-8-11;/h4-10H,13H2,1-3H3;1H/t9-,10+;/m0./s1. The molecule has 2 N–H and O–H groups in total. The van der Waals surface area contributed by atoms with E-state index in [1.54, 1.807) is 18.9 Å². The lowest BCUT2D eigenvalue weighted by molar-refractivity contribution is -0.132. The number of nitrogens with two attached hydrogens (primary N) is 1. The van der Waals surface area contributed by atoms with E-state index in [1.807, 2.05) is 37.3 Å². The lowest BCUT2D eigenvalue weighted by Crippen LogP contribution is -2.40. The zero-order chi connectivity index (χ0) is 11.4. The fourth-order valence-corrected chi connectivity index (χ4v) is 1.47. The van der Waals surface area contributed by atoms with Crippen LogP contribution in [0.3, 0.4) is 0 Å². The summed E-state index contributed by atoms with van der Waals surface area (Å²) in [6.45, 7) is 3.70. The van der Waals surface area contributed by atoms with E-state index in [4.69, 9.17) is 5.73 Å². The molecule has 1 aromatic rings. The highest BCUT2D eigenvalue weighted by molar-refractivity contribution is 5.85. The number of nitrogens with zero attached hydrogens (tertiary/aromatic N) is 1. The smallest absolute Gasteiger partial charge is 0.239 e. The van der Waals surface area contributed by atoms with Gasteiger partial charge in [-0.2, -0.15) is 0 Å². The van der Waals surface area contributed by atoms with Crippen molar-refractivity contribution < 1.29 is 4.79 Å². The third kappa shape index (κ3) is 3.51. The van der Waals surface area contributed by atoms with Gasteiger partial charge >= 0.3 is 0 Å². The zero-order valence-electron chi connectivity index (χ0n) is 9.88. The number of benzene rings is 1. The molecule has 0 aromatic heterocycles. The van der Waals surface area contributed by atoms with Gasteiger partial charge in [0.25, 0.3) is 0 Å². The fraction of sp³-hybridized carbons (Fsp3) is 0.417. The summed E-state index contributed by atoms with van der Waals surface area (Å²) in [6, 6.07) is 9.53. The molecule has 0 radical (unpaired) electrons. The second-order valence-corrected chi connectivity index (χ2v) is 3.82. The van der Waals surface area contributed by atoms with Crippen LogP contribution in [0.5, 0.6) is 0 Å². The monoisotopic (exact) mass is 242 g/mol. The molecule has 0 fully saturated rings. The maximum Gasteiger partial charge on any atom is 0.239 e. The van der Waals surface area contributed by atoms with Crippen LogP contribution in [0.25, 0.3) is 0 Å². The van der Waals surface area contributed by atoms with Crippen molar-refractivity contribution in [3.63, 3.8) is 0 Å². The number of rotatable bonds is 3. The highest BCUT2D eigenvalue weighted by Gasteiger charge is 2.19. The summed E-state index contributed by atoms with van der Waals surface area (Å²) >= 11 is 0. The minimum absolute atomic E-state index is 0. The van der Waals surface area contributed by atoms with Crippen molar-refractivity contribution >= 4 is 18.3 Å². The van der Waals surface area contributed by atoms with Crippen molar-refractivity contribution in [3.8, 4) is 0 Å². The third-order valence-corrected chi connectivity index (χ3v) is 2.60. The normalized spacial score (nSPS) is 13.5. The quantitative estimate of drug-likeness (QED) is 0.881. The first-order valence-corrected chi connectivity index (χ1v) is 5.11. The molecule has 4 heteroatoms. The summed E-state index contributed by atoms with van der Waals surface area (Å²) in [4.78, 5) is 13.3. The second kappa shape index (κ2) is 6.51. The SMILES string of the molecule is C[C@H](N)C(=O)N(C)[C@H](C)c1ccccc1.Cl. The molecule has 16 heavy (non-hydrogen) atoms. The Morgan fingerprint density at radius 3 is 2.19 bits per heavy atom. The van der Waals surface area contributed by atoms with Crippen LogP contribution in [0.2, 0.25) is 0 Å². The van der Waals surface area contributed by atoms with E-state index >= 15 is 0 Å². The molecule has 0 spiro atoms. The van der Waals surface area contributed by atoms with Crippen molar-refractivity contribution in [1.82, 2.24) is 4.90 Å². The molecule has 0 aliphatic heterocycles. The van der Waals surface area contributed by atoms with Gasteiger partial charge in [0.05, 0.1) is 12.1 Å². The molecule has 0 aliphatic rings. The van der Waals surface area contributed by atoms with E-state index < -0.39 is 6.04 Å². The maximum absolute atomic E-state index is 11.7. The van der Waals surface area contributed by atoms with Gasteiger partial charge < -0.3 is 10.6 Å². The lowest BCUT2D eigenvalue weighted by atomic mass is 10.1. The van der Waals surface area contributed by atoms with Crippen LogP contribution in [-0.4, -0.2) is 23.9 Å². The topological polar surface area (TPSA) is 46.3 Å². The Hall–Kier alpha value is -1.06. The van der Waals surface area contributed by atoms with Crippen LogP contribution in [0.1, 0.15) is 25.5 Å². The Morgan fingerprint density at radius 1 is 1.25 bits per heavy atom. The van der Waals surface area contributed by atoms with Crippen molar-refractivity contribution in [2.24, 2.45) is 5.73 Å². The first-order valence-electron chi connectivity index (χ1n) is 5.11. The zero-order valence-corrected chi connectivity index (χ0v) is 10.7. The molecule has 1 aromatic carbocycles. The van der Waals surface area contributed by atoms with Crippen molar-refractivity contribution in [1.29, 1.82) is 0 Å². The van der Waals surface area contributed by atoms with Crippen molar-refractivity contribution in [2.75, 3.05) is 7.05 Å². The largest absolute Gasteiger partial charge is 0.338 e. The van der Waals surface area contributed by atoms with E-state index in [2.05, 4.69) is 0 Å². The molecule has 0 aliphatic carbocycles. The van der Waals surface area contributed by atoms with Gasteiger partial charge in [-0.15, -0.1) is 12.4 Å². The number of halogens is 1. The van der Waals surface area contributed by atoms with Gasteiger partial charge in [-0.3, -0.25) is 4.79 Å². The molecule has 0 heterocycles. The van der Waals surface area contributed by atoms with Crippen LogP contribution in [0.15, 0.2) is 30.3 Å². The molecule has 90 valence electrons. The Morgan fingerprint density at radius 2 is 1.75 bits per heavy atom. The van der Waals surface area contributed by atoms with Gasteiger partial charge in [-0.05, 0) is 19.4 Å². The number of hydrogen-bond acceptors (Lipinski definition) is 2. The van der Waals surface area contributed by atoms with Gasteiger partial charge in [0, 0.05) is 7.05 Å². The van der Waals surface area contributed by atoms with Crippen molar-refractivity contribution in [3.05, 3.63) is 35.9 Å². The van der Waals surface area contributed by atoms with Crippen LogP contribution >= 0.6 is 12.4 Å². The molecule has 2 atom stereocenters. The summed E-state index contributed by atoms with van der Waals surface area (Å²) < 4.78 is 0. The molecule has 0 saturated heterocycles. The molecular weight excluding hydrogens is 224 g/mol. The summed E-state index contributed by atoms with van der Waals surface area (Å²) in [7, 11) is 1.78. The van der Waals surface area contributed by atoms with Crippen molar-refractivity contribution in [2.45, 2.75) is 25.9 Å². The molecule has 0 unspecified atom stereocenters. The Bertz CT molecular complexity index is 327. The van der Waals surface area contributed by atoms with E-state index in [0.29, 0.717) is 0 Å². The molecular formula is C12H19ClN2O. The highest BCUT2D eigenvalue weighted by atomic mass is 35.5. The van der Waals surface area contributed by atoms with Gasteiger partial charge in [0.15, 0.2) is 0 Å². The van der Waals surface area contributed by atoms with E-state index in [-0.39, 0.29) is 24.4 Å². The average Bonchev–Trinajstić information content (AvgIpc) is 2.27. The Kier molecular flexibility index (Phi) is 6.08. The van der Waals surface area contributed by atoms with Crippen LogP contribution in [0.4, 0.5) is 0 Å². The average molecular weight is 243 g/mol. The van der Waals surface area contributed by atoms with Crippen LogP contribution < -0.4 is 5.73 Å². The van der Waals surface area contributed by atoms with Gasteiger partial charge in [0.1, 0.15) is 0 Å². The summed E-state index contributed by atoms with van der Waals surface area (Å²) in [5, 5.41) is 0.